The van der Waals surface area contributed by atoms with E-state index in [4.69, 9.17) is 9.47 Å². The van der Waals surface area contributed by atoms with Crippen LogP contribution in [0.3, 0.4) is 0 Å². The minimum atomic E-state index is -0.362. The Bertz CT molecular complexity index is 1250. The molecule has 2 aromatic heterocycles. The van der Waals surface area contributed by atoms with Crippen LogP contribution in [0.2, 0.25) is 0 Å². The van der Waals surface area contributed by atoms with E-state index in [2.05, 4.69) is 28.5 Å². The average Bonchev–Trinajstić information content (AvgIpc) is 3.43. The van der Waals surface area contributed by atoms with Gasteiger partial charge < -0.3 is 19.4 Å². The molecule has 1 aliphatic rings. The van der Waals surface area contributed by atoms with Gasteiger partial charge in [-0.2, -0.15) is 0 Å². The summed E-state index contributed by atoms with van der Waals surface area (Å²) in [6, 6.07) is 5.97. The third-order valence-electron chi connectivity index (χ3n) is 6.26. The lowest BCUT2D eigenvalue weighted by Gasteiger charge is -2.12. The van der Waals surface area contributed by atoms with Crippen molar-refractivity contribution in [2.45, 2.75) is 71.7 Å². The van der Waals surface area contributed by atoms with Crippen molar-refractivity contribution < 1.29 is 19.1 Å². The number of aryl methyl sites for hydroxylation is 2. The third kappa shape index (κ3) is 5.75. The van der Waals surface area contributed by atoms with Gasteiger partial charge in [0.05, 0.1) is 17.9 Å². The van der Waals surface area contributed by atoms with E-state index in [-0.39, 0.29) is 17.6 Å². The van der Waals surface area contributed by atoms with Crippen molar-refractivity contribution in [3.05, 3.63) is 51.2 Å². The quantitative estimate of drug-likeness (QED) is 0.280. The standard InChI is InChI=1S/C26H32N4O4S2/c1-5-30-21(14-34-19-12-9-10-16(3)17(19)4)28-29-26(30)35-15-22(31)27-24-23(25(32)33-6-2)18-11-7-8-13-20(18)36-24/h9-10,12H,5-8,11,13-15H2,1-4H3,(H,27,31). The lowest BCUT2D eigenvalue weighted by molar-refractivity contribution is -0.113. The summed E-state index contributed by atoms with van der Waals surface area (Å²) in [5, 5.41) is 12.8. The van der Waals surface area contributed by atoms with Gasteiger partial charge in [0.25, 0.3) is 0 Å². The molecule has 0 atom stereocenters. The summed E-state index contributed by atoms with van der Waals surface area (Å²) in [4.78, 5) is 26.7. The van der Waals surface area contributed by atoms with Crippen LogP contribution < -0.4 is 10.1 Å². The molecule has 1 N–H and O–H groups in total. The summed E-state index contributed by atoms with van der Waals surface area (Å²) >= 11 is 2.81. The molecule has 1 aromatic carbocycles. The van der Waals surface area contributed by atoms with Gasteiger partial charge in [-0.15, -0.1) is 21.5 Å². The molecule has 0 aliphatic heterocycles. The highest BCUT2D eigenvalue weighted by Gasteiger charge is 2.27. The van der Waals surface area contributed by atoms with Crippen LogP contribution in [0.4, 0.5) is 5.00 Å². The number of carbonyl (C=O) groups is 2. The SMILES string of the molecule is CCOC(=O)c1c(NC(=O)CSc2nnc(COc3cccc(C)c3C)n2CC)sc2c1CCCC2. The number of benzene rings is 1. The number of aromatic nitrogens is 3. The van der Waals surface area contributed by atoms with E-state index in [1.165, 1.54) is 33.5 Å². The highest BCUT2D eigenvalue weighted by atomic mass is 32.2. The van der Waals surface area contributed by atoms with E-state index < -0.39 is 0 Å². The normalized spacial score (nSPS) is 12.8. The number of fused-ring (bicyclic) bond motifs is 1. The average molecular weight is 529 g/mol. The van der Waals surface area contributed by atoms with Gasteiger partial charge in [0.1, 0.15) is 17.4 Å². The maximum Gasteiger partial charge on any atom is 0.341 e. The van der Waals surface area contributed by atoms with E-state index >= 15 is 0 Å². The van der Waals surface area contributed by atoms with Crippen molar-refractivity contribution in [1.29, 1.82) is 0 Å². The smallest absolute Gasteiger partial charge is 0.341 e. The monoisotopic (exact) mass is 528 g/mol. The Hall–Kier alpha value is -2.85. The topological polar surface area (TPSA) is 95.3 Å². The maximum atomic E-state index is 12.9. The second-order valence-corrected chi connectivity index (χ2v) is 10.6. The van der Waals surface area contributed by atoms with Crippen molar-refractivity contribution in [2.24, 2.45) is 0 Å². The molecule has 8 nitrogen and oxygen atoms in total. The number of thiophene rings is 1. The molecule has 3 aromatic rings. The summed E-state index contributed by atoms with van der Waals surface area (Å²) < 4.78 is 13.2. The Labute approximate surface area is 219 Å². The summed E-state index contributed by atoms with van der Waals surface area (Å²) in [6.45, 7) is 9.14. The fourth-order valence-corrected chi connectivity index (χ4v) is 6.35. The first-order valence-corrected chi connectivity index (χ1v) is 14.1. The molecule has 2 heterocycles. The van der Waals surface area contributed by atoms with Crippen molar-refractivity contribution in [3.8, 4) is 5.75 Å². The molecular weight excluding hydrogens is 496 g/mol. The van der Waals surface area contributed by atoms with Crippen LogP contribution in [0.1, 0.15) is 64.4 Å². The first-order chi connectivity index (χ1) is 17.4. The van der Waals surface area contributed by atoms with Crippen LogP contribution in [-0.4, -0.2) is 39.0 Å². The number of hydrogen-bond acceptors (Lipinski definition) is 8. The zero-order valence-corrected chi connectivity index (χ0v) is 22.8. The van der Waals surface area contributed by atoms with Crippen LogP contribution in [0.25, 0.3) is 0 Å². The number of thioether (sulfide) groups is 1. The van der Waals surface area contributed by atoms with Gasteiger partial charge in [-0.05, 0) is 76.1 Å². The predicted octanol–water partition coefficient (Wildman–Crippen LogP) is 5.34. The maximum absolute atomic E-state index is 12.9. The number of nitrogens with one attached hydrogen (secondary N) is 1. The second-order valence-electron chi connectivity index (χ2n) is 8.60. The number of hydrogen-bond donors (Lipinski definition) is 1. The van der Waals surface area contributed by atoms with Gasteiger partial charge in [0, 0.05) is 11.4 Å². The number of anilines is 1. The first-order valence-electron chi connectivity index (χ1n) is 12.3. The molecule has 10 heteroatoms. The molecule has 1 aliphatic carbocycles. The summed E-state index contributed by atoms with van der Waals surface area (Å²) in [6.07, 6.45) is 3.92. The molecule has 0 fully saturated rings. The van der Waals surface area contributed by atoms with Crippen molar-refractivity contribution in [1.82, 2.24) is 14.8 Å². The summed E-state index contributed by atoms with van der Waals surface area (Å²) in [5.74, 6) is 1.13. The molecular formula is C26H32N4O4S2. The van der Waals surface area contributed by atoms with Crippen molar-refractivity contribution in [3.63, 3.8) is 0 Å². The Morgan fingerprint density at radius 2 is 1.97 bits per heavy atom. The van der Waals surface area contributed by atoms with Gasteiger partial charge in [-0.1, -0.05) is 23.9 Å². The Balaban J connectivity index is 1.41. The van der Waals surface area contributed by atoms with Crippen LogP contribution in [0.5, 0.6) is 5.75 Å². The number of carbonyl (C=O) groups excluding carboxylic acids is 2. The van der Waals surface area contributed by atoms with Gasteiger partial charge in [0.15, 0.2) is 11.0 Å². The van der Waals surface area contributed by atoms with Crippen LogP contribution >= 0.6 is 23.1 Å². The number of esters is 1. The highest BCUT2D eigenvalue weighted by molar-refractivity contribution is 7.99. The lowest BCUT2D eigenvalue weighted by Crippen LogP contribution is -2.17. The third-order valence-corrected chi connectivity index (χ3v) is 8.43. The Morgan fingerprint density at radius 3 is 2.75 bits per heavy atom. The zero-order chi connectivity index (χ0) is 25.7. The number of amides is 1. The molecule has 0 spiro atoms. The van der Waals surface area contributed by atoms with Crippen LogP contribution in [0.15, 0.2) is 23.4 Å². The Morgan fingerprint density at radius 1 is 1.17 bits per heavy atom. The molecule has 1 amide bonds. The van der Waals surface area contributed by atoms with Gasteiger partial charge in [-0.3, -0.25) is 4.79 Å². The summed E-state index contributed by atoms with van der Waals surface area (Å²) in [7, 11) is 0. The van der Waals surface area contributed by atoms with Crippen molar-refractivity contribution >= 4 is 40.0 Å². The Kier molecular flexibility index (Phi) is 8.68. The van der Waals surface area contributed by atoms with E-state index in [1.54, 1.807) is 6.92 Å². The van der Waals surface area contributed by atoms with Crippen LogP contribution in [-0.2, 0) is 35.5 Å². The second kappa shape index (κ2) is 11.9. The van der Waals surface area contributed by atoms with E-state index in [0.717, 1.165) is 42.6 Å². The molecule has 0 unspecified atom stereocenters. The van der Waals surface area contributed by atoms with Gasteiger partial charge >= 0.3 is 5.97 Å². The van der Waals surface area contributed by atoms with Crippen molar-refractivity contribution in [2.75, 3.05) is 17.7 Å². The molecule has 4 rings (SSSR count). The molecule has 0 saturated carbocycles. The predicted molar refractivity (Wildman–Crippen MR) is 142 cm³/mol. The molecule has 36 heavy (non-hydrogen) atoms. The van der Waals surface area contributed by atoms with E-state index in [0.29, 0.717) is 41.3 Å². The fourth-order valence-electron chi connectivity index (χ4n) is 4.24. The van der Waals surface area contributed by atoms with E-state index in [1.807, 2.05) is 30.5 Å². The summed E-state index contributed by atoms with van der Waals surface area (Å²) in [5.41, 5.74) is 3.83. The van der Waals surface area contributed by atoms with Gasteiger partial charge in [-0.25, -0.2) is 4.79 Å². The zero-order valence-electron chi connectivity index (χ0n) is 21.2. The number of rotatable bonds is 10. The fraction of sp³-hybridized carbons (Fsp3) is 0.462. The molecule has 0 radical (unpaired) electrons. The minimum absolute atomic E-state index is 0.154. The van der Waals surface area contributed by atoms with E-state index in [9.17, 15) is 9.59 Å². The molecule has 0 saturated heterocycles. The molecule has 0 bridgehead atoms. The number of nitrogens with zero attached hydrogens (tertiary/aromatic N) is 3. The first kappa shape index (κ1) is 26.2. The minimum Gasteiger partial charge on any atom is -0.485 e. The lowest BCUT2D eigenvalue weighted by atomic mass is 9.95. The van der Waals surface area contributed by atoms with Gasteiger partial charge in [0.2, 0.25) is 5.91 Å². The highest BCUT2D eigenvalue weighted by Crippen LogP contribution is 2.38. The molecule has 192 valence electrons. The number of ether oxygens (including phenoxy) is 2. The van der Waals surface area contributed by atoms with Crippen LogP contribution in [0, 0.1) is 13.8 Å². The largest absolute Gasteiger partial charge is 0.485 e.